The standard InChI is InChI=1S/C27H13ClF3NO6/c28-21-11-8-15(32(35)36)12-20(21)26(34)37-16-9-10-19-22(13-16)38-25(27(29,30)31)23(24(19)33)18-7-3-5-14-4-1-2-6-17(14)18/h1-13H. The number of non-ortho nitro benzene ring substituents is 1. The predicted octanol–water partition coefficient (Wildman–Crippen LogP) is 7.41. The second-order valence-corrected chi connectivity index (χ2v) is 8.54. The van der Waals surface area contributed by atoms with Gasteiger partial charge in [-0.2, -0.15) is 13.2 Å². The van der Waals surface area contributed by atoms with E-state index in [9.17, 15) is 32.9 Å². The van der Waals surface area contributed by atoms with Crippen molar-refractivity contribution in [3.63, 3.8) is 0 Å². The Morgan fingerprint density at radius 3 is 2.42 bits per heavy atom. The number of halogens is 4. The minimum Gasteiger partial charge on any atom is -0.450 e. The van der Waals surface area contributed by atoms with Crippen molar-refractivity contribution in [3.05, 3.63) is 116 Å². The van der Waals surface area contributed by atoms with Gasteiger partial charge in [-0.3, -0.25) is 14.9 Å². The first-order valence-corrected chi connectivity index (χ1v) is 11.2. The maximum atomic E-state index is 14.1. The molecule has 0 aliphatic rings. The fourth-order valence-electron chi connectivity index (χ4n) is 4.07. The number of hydrogen-bond acceptors (Lipinski definition) is 6. The van der Waals surface area contributed by atoms with Gasteiger partial charge in [-0.1, -0.05) is 54.1 Å². The van der Waals surface area contributed by atoms with Crippen molar-refractivity contribution in [3.8, 4) is 16.9 Å². The normalized spacial score (nSPS) is 11.6. The van der Waals surface area contributed by atoms with Gasteiger partial charge in [-0.15, -0.1) is 0 Å². The van der Waals surface area contributed by atoms with Crippen molar-refractivity contribution >= 4 is 45.0 Å². The lowest BCUT2D eigenvalue weighted by molar-refractivity contribution is -0.384. The van der Waals surface area contributed by atoms with E-state index in [4.69, 9.17) is 20.8 Å². The molecule has 0 amide bonds. The Balaban J connectivity index is 1.64. The maximum Gasteiger partial charge on any atom is 0.450 e. The Labute approximate surface area is 215 Å². The number of carbonyl (C=O) groups is 1. The Morgan fingerprint density at radius 1 is 0.947 bits per heavy atom. The van der Waals surface area contributed by atoms with Crippen molar-refractivity contribution in [2.45, 2.75) is 6.18 Å². The van der Waals surface area contributed by atoms with E-state index < -0.39 is 45.1 Å². The number of nitrogens with zero attached hydrogens (tertiary/aromatic N) is 1. The average Bonchev–Trinajstić information content (AvgIpc) is 2.88. The van der Waals surface area contributed by atoms with E-state index >= 15 is 0 Å². The average molecular weight is 540 g/mol. The number of esters is 1. The molecule has 0 saturated carbocycles. The number of nitro groups is 1. The van der Waals surface area contributed by atoms with Gasteiger partial charge in [0.05, 0.1) is 26.5 Å². The van der Waals surface area contributed by atoms with Crippen molar-refractivity contribution in [1.82, 2.24) is 0 Å². The molecule has 0 radical (unpaired) electrons. The van der Waals surface area contributed by atoms with Crippen LogP contribution in [0.25, 0.3) is 32.9 Å². The molecule has 1 heterocycles. The van der Waals surface area contributed by atoms with Gasteiger partial charge in [0.1, 0.15) is 11.3 Å². The summed E-state index contributed by atoms with van der Waals surface area (Å²) < 4.78 is 52.8. The summed E-state index contributed by atoms with van der Waals surface area (Å²) in [5.74, 6) is -2.86. The molecular formula is C27H13ClF3NO6. The summed E-state index contributed by atoms with van der Waals surface area (Å²) in [4.78, 5) is 36.3. The lowest BCUT2D eigenvalue weighted by atomic mass is 9.96. The zero-order valence-corrected chi connectivity index (χ0v) is 19.7. The van der Waals surface area contributed by atoms with Gasteiger partial charge in [0, 0.05) is 18.2 Å². The van der Waals surface area contributed by atoms with E-state index in [1.807, 2.05) is 0 Å². The van der Waals surface area contributed by atoms with E-state index in [1.165, 1.54) is 18.2 Å². The van der Waals surface area contributed by atoms with E-state index in [0.717, 1.165) is 24.3 Å². The van der Waals surface area contributed by atoms with Crippen LogP contribution in [-0.4, -0.2) is 10.9 Å². The van der Waals surface area contributed by atoms with Crippen molar-refractivity contribution < 1.29 is 32.0 Å². The molecule has 11 heteroatoms. The molecule has 5 aromatic rings. The third kappa shape index (κ3) is 4.46. The van der Waals surface area contributed by atoms with Crippen LogP contribution in [0.5, 0.6) is 5.75 Å². The lowest BCUT2D eigenvalue weighted by Crippen LogP contribution is -2.16. The van der Waals surface area contributed by atoms with Crippen LogP contribution in [0.2, 0.25) is 5.02 Å². The van der Waals surface area contributed by atoms with Crippen LogP contribution < -0.4 is 10.2 Å². The molecule has 0 unspecified atom stereocenters. The number of fused-ring (bicyclic) bond motifs is 2. The van der Waals surface area contributed by atoms with Gasteiger partial charge in [0.2, 0.25) is 11.2 Å². The van der Waals surface area contributed by atoms with Gasteiger partial charge in [0.15, 0.2) is 0 Å². The largest absolute Gasteiger partial charge is 0.450 e. The van der Waals surface area contributed by atoms with Gasteiger partial charge >= 0.3 is 12.1 Å². The summed E-state index contributed by atoms with van der Waals surface area (Å²) >= 11 is 5.96. The number of carbonyl (C=O) groups excluding carboxylic acids is 1. The van der Waals surface area contributed by atoms with Crippen molar-refractivity contribution in [1.29, 1.82) is 0 Å². The zero-order chi connectivity index (χ0) is 27.2. The first kappa shape index (κ1) is 25.0. The van der Waals surface area contributed by atoms with Crippen molar-refractivity contribution in [2.75, 3.05) is 0 Å². The molecule has 0 fully saturated rings. The van der Waals surface area contributed by atoms with Crippen LogP contribution in [0.15, 0.2) is 88.1 Å². The van der Waals surface area contributed by atoms with Crippen LogP contribution in [-0.2, 0) is 6.18 Å². The SMILES string of the molecule is O=C(Oc1ccc2c(=O)c(-c3cccc4ccccc34)c(C(F)(F)F)oc2c1)c1cc([N+](=O)[O-])ccc1Cl. The molecule has 4 aromatic carbocycles. The van der Waals surface area contributed by atoms with Gasteiger partial charge in [-0.05, 0) is 34.5 Å². The van der Waals surface area contributed by atoms with E-state index in [1.54, 1.807) is 36.4 Å². The van der Waals surface area contributed by atoms with Crippen LogP contribution >= 0.6 is 11.6 Å². The molecule has 0 atom stereocenters. The number of benzene rings is 4. The smallest absolute Gasteiger partial charge is 0.450 e. The number of alkyl halides is 3. The fraction of sp³-hybridized carbons (Fsp3) is 0.0370. The van der Waals surface area contributed by atoms with Gasteiger partial charge in [0.25, 0.3) is 5.69 Å². The topological polar surface area (TPSA) is 99.7 Å². The monoisotopic (exact) mass is 539 g/mol. The minimum absolute atomic E-state index is 0.0573. The molecule has 7 nitrogen and oxygen atoms in total. The van der Waals surface area contributed by atoms with Gasteiger partial charge < -0.3 is 9.15 Å². The minimum atomic E-state index is -5.02. The highest BCUT2D eigenvalue weighted by atomic mass is 35.5. The lowest BCUT2D eigenvalue weighted by Gasteiger charge is -2.14. The molecule has 38 heavy (non-hydrogen) atoms. The number of ether oxygens (including phenoxy) is 1. The van der Waals surface area contributed by atoms with E-state index in [2.05, 4.69) is 0 Å². The molecule has 0 N–H and O–H groups in total. The first-order valence-electron chi connectivity index (χ1n) is 10.9. The number of rotatable bonds is 4. The highest BCUT2D eigenvalue weighted by Crippen LogP contribution is 2.40. The number of hydrogen-bond donors (Lipinski definition) is 0. The van der Waals surface area contributed by atoms with Crippen molar-refractivity contribution in [2.24, 2.45) is 0 Å². The quantitative estimate of drug-likeness (QED) is 0.102. The predicted molar refractivity (Wildman–Crippen MR) is 133 cm³/mol. The molecule has 1 aromatic heterocycles. The molecule has 5 rings (SSSR count). The molecule has 0 saturated heterocycles. The molecule has 0 aliphatic carbocycles. The second-order valence-electron chi connectivity index (χ2n) is 8.13. The van der Waals surface area contributed by atoms with Crippen LogP contribution in [0, 0.1) is 10.1 Å². The molecule has 0 aliphatic heterocycles. The summed E-state index contributed by atoms with van der Waals surface area (Å²) in [5, 5.41) is 11.8. The van der Waals surface area contributed by atoms with Gasteiger partial charge in [-0.25, -0.2) is 4.79 Å². The molecule has 0 bridgehead atoms. The summed E-state index contributed by atoms with van der Waals surface area (Å²) in [6, 6.07) is 17.8. The van der Waals surface area contributed by atoms with Crippen LogP contribution in [0.1, 0.15) is 16.1 Å². The fourth-order valence-corrected chi connectivity index (χ4v) is 4.26. The second kappa shape index (κ2) is 9.31. The van der Waals surface area contributed by atoms with E-state index in [-0.39, 0.29) is 27.3 Å². The van der Waals surface area contributed by atoms with E-state index in [0.29, 0.717) is 10.8 Å². The Hall–Kier alpha value is -4.70. The maximum absolute atomic E-state index is 14.1. The highest BCUT2D eigenvalue weighted by molar-refractivity contribution is 6.33. The third-order valence-corrected chi connectivity index (χ3v) is 6.10. The summed E-state index contributed by atoms with van der Waals surface area (Å²) in [5.41, 5.74) is -2.72. The third-order valence-electron chi connectivity index (χ3n) is 5.77. The summed E-state index contributed by atoms with van der Waals surface area (Å²) in [7, 11) is 0. The zero-order valence-electron chi connectivity index (χ0n) is 18.9. The highest BCUT2D eigenvalue weighted by Gasteiger charge is 2.39. The number of nitro benzene ring substituents is 1. The molecule has 0 spiro atoms. The Bertz CT molecular complexity index is 1830. The summed E-state index contributed by atoms with van der Waals surface area (Å²) in [6.45, 7) is 0. The first-order chi connectivity index (χ1) is 18.0. The van der Waals surface area contributed by atoms with Crippen LogP contribution in [0.4, 0.5) is 18.9 Å². The Kier molecular flexibility index (Phi) is 6.12. The molecule has 190 valence electrons. The Morgan fingerprint density at radius 2 is 1.68 bits per heavy atom. The summed E-state index contributed by atoms with van der Waals surface area (Å²) in [6.07, 6.45) is -5.02. The molecular weight excluding hydrogens is 527 g/mol. The van der Waals surface area contributed by atoms with Crippen LogP contribution in [0.3, 0.4) is 0 Å².